The molecular formula is C13H19N. The smallest absolute Gasteiger partial charge is 0.0414 e. The van der Waals surface area contributed by atoms with Crippen LogP contribution in [0.1, 0.15) is 36.5 Å². The third-order valence-corrected chi connectivity index (χ3v) is 3.51. The Bertz CT molecular complexity index is 348. The van der Waals surface area contributed by atoms with E-state index in [2.05, 4.69) is 39.0 Å². The van der Waals surface area contributed by atoms with Crippen LogP contribution in [0.2, 0.25) is 0 Å². The van der Waals surface area contributed by atoms with Gasteiger partial charge in [-0.15, -0.1) is 0 Å². The first kappa shape index (κ1) is 9.72. The number of benzene rings is 1. The quantitative estimate of drug-likeness (QED) is 0.722. The molecule has 1 aliphatic carbocycles. The number of rotatable bonds is 1. The van der Waals surface area contributed by atoms with Gasteiger partial charge < -0.3 is 5.73 Å². The molecule has 0 amide bonds. The third-order valence-electron chi connectivity index (χ3n) is 3.51. The zero-order valence-electron chi connectivity index (χ0n) is 9.30. The van der Waals surface area contributed by atoms with E-state index in [0.717, 1.165) is 18.8 Å². The number of hydrogen-bond acceptors (Lipinski definition) is 1. The van der Waals surface area contributed by atoms with E-state index in [1.807, 2.05) is 0 Å². The minimum atomic E-state index is -0.0299. The van der Waals surface area contributed by atoms with Crippen molar-refractivity contribution in [3.63, 3.8) is 0 Å². The van der Waals surface area contributed by atoms with E-state index in [9.17, 15) is 0 Å². The highest BCUT2D eigenvalue weighted by atomic mass is 14.8. The molecule has 0 spiro atoms. The molecular weight excluding hydrogens is 170 g/mol. The van der Waals surface area contributed by atoms with Crippen LogP contribution in [0.15, 0.2) is 18.2 Å². The molecule has 0 saturated heterocycles. The molecule has 0 aromatic heterocycles. The average molecular weight is 189 g/mol. The molecule has 1 saturated carbocycles. The molecule has 1 aromatic rings. The highest BCUT2D eigenvalue weighted by Gasteiger charge is 2.39. The summed E-state index contributed by atoms with van der Waals surface area (Å²) in [7, 11) is 0. The van der Waals surface area contributed by atoms with Crippen molar-refractivity contribution in [2.24, 2.45) is 11.7 Å². The minimum Gasteiger partial charge on any atom is -0.321 e. The van der Waals surface area contributed by atoms with E-state index in [1.165, 1.54) is 16.7 Å². The lowest BCUT2D eigenvalue weighted by Gasteiger charge is -2.44. The molecule has 2 rings (SSSR count). The van der Waals surface area contributed by atoms with Crippen LogP contribution >= 0.6 is 0 Å². The maximum atomic E-state index is 6.33. The second kappa shape index (κ2) is 3.09. The molecule has 1 fully saturated rings. The summed E-state index contributed by atoms with van der Waals surface area (Å²) in [5, 5.41) is 0. The maximum absolute atomic E-state index is 6.33. The summed E-state index contributed by atoms with van der Waals surface area (Å²) in [6.45, 7) is 6.57. The van der Waals surface area contributed by atoms with Gasteiger partial charge in [0, 0.05) is 5.54 Å². The van der Waals surface area contributed by atoms with Crippen LogP contribution in [-0.4, -0.2) is 0 Å². The Balaban J connectivity index is 2.29. The fourth-order valence-electron chi connectivity index (χ4n) is 2.47. The van der Waals surface area contributed by atoms with Crippen molar-refractivity contribution in [1.29, 1.82) is 0 Å². The topological polar surface area (TPSA) is 26.0 Å². The van der Waals surface area contributed by atoms with Gasteiger partial charge in [0.2, 0.25) is 0 Å². The molecule has 1 aromatic carbocycles. The van der Waals surface area contributed by atoms with Crippen molar-refractivity contribution in [1.82, 2.24) is 0 Å². The Hall–Kier alpha value is -0.820. The Kier molecular flexibility index (Phi) is 2.15. The molecule has 1 nitrogen and oxygen atoms in total. The first-order valence-corrected chi connectivity index (χ1v) is 5.38. The SMILES string of the molecule is Cc1ccc(C2(N)CC(C)C2)cc1C. The van der Waals surface area contributed by atoms with Crippen LogP contribution in [0, 0.1) is 19.8 Å². The molecule has 0 unspecified atom stereocenters. The summed E-state index contributed by atoms with van der Waals surface area (Å²) < 4.78 is 0. The summed E-state index contributed by atoms with van der Waals surface area (Å²) in [6, 6.07) is 6.62. The Morgan fingerprint density at radius 1 is 1.21 bits per heavy atom. The van der Waals surface area contributed by atoms with Crippen molar-refractivity contribution >= 4 is 0 Å². The molecule has 1 heteroatoms. The molecule has 2 N–H and O–H groups in total. The predicted octanol–water partition coefficient (Wildman–Crippen LogP) is 2.89. The van der Waals surface area contributed by atoms with E-state index < -0.39 is 0 Å². The lowest BCUT2D eigenvalue weighted by Crippen LogP contribution is -2.48. The maximum Gasteiger partial charge on any atom is 0.0414 e. The lowest BCUT2D eigenvalue weighted by atomic mass is 9.66. The fourth-order valence-corrected chi connectivity index (χ4v) is 2.47. The standard InChI is InChI=1S/C13H19N/c1-9-7-13(14,8-9)12-5-4-10(2)11(3)6-12/h4-6,9H,7-8,14H2,1-3H3. The van der Waals surface area contributed by atoms with E-state index in [1.54, 1.807) is 0 Å². The molecule has 76 valence electrons. The monoisotopic (exact) mass is 189 g/mol. The fraction of sp³-hybridized carbons (Fsp3) is 0.538. The van der Waals surface area contributed by atoms with E-state index in [4.69, 9.17) is 5.73 Å². The number of hydrogen-bond donors (Lipinski definition) is 1. The molecule has 1 aliphatic rings. The van der Waals surface area contributed by atoms with Gasteiger partial charge in [0.1, 0.15) is 0 Å². The van der Waals surface area contributed by atoms with Crippen LogP contribution in [-0.2, 0) is 5.54 Å². The number of nitrogens with two attached hydrogens (primary N) is 1. The summed E-state index contributed by atoms with van der Waals surface area (Å²) in [6.07, 6.45) is 2.27. The van der Waals surface area contributed by atoms with Crippen LogP contribution in [0.25, 0.3) is 0 Å². The van der Waals surface area contributed by atoms with E-state index >= 15 is 0 Å². The first-order valence-electron chi connectivity index (χ1n) is 5.38. The van der Waals surface area contributed by atoms with Gasteiger partial charge in [0.15, 0.2) is 0 Å². The summed E-state index contributed by atoms with van der Waals surface area (Å²) in [4.78, 5) is 0. The number of aryl methyl sites for hydroxylation is 2. The summed E-state index contributed by atoms with van der Waals surface area (Å²) in [5.41, 5.74) is 10.3. The second-order valence-electron chi connectivity index (χ2n) is 4.97. The molecule has 0 radical (unpaired) electrons. The Morgan fingerprint density at radius 2 is 1.86 bits per heavy atom. The molecule has 0 atom stereocenters. The van der Waals surface area contributed by atoms with Crippen molar-refractivity contribution in [2.75, 3.05) is 0 Å². The molecule has 0 heterocycles. The third kappa shape index (κ3) is 1.46. The zero-order chi connectivity index (χ0) is 10.3. The predicted molar refractivity (Wildman–Crippen MR) is 60.2 cm³/mol. The van der Waals surface area contributed by atoms with Gasteiger partial charge in [-0.1, -0.05) is 25.1 Å². The summed E-state index contributed by atoms with van der Waals surface area (Å²) in [5.74, 6) is 0.793. The van der Waals surface area contributed by atoms with Crippen LogP contribution in [0.3, 0.4) is 0 Å². The van der Waals surface area contributed by atoms with Crippen LogP contribution in [0.5, 0.6) is 0 Å². The lowest BCUT2D eigenvalue weighted by molar-refractivity contribution is 0.164. The normalized spacial score (nSPS) is 31.3. The van der Waals surface area contributed by atoms with E-state index in [0.29, 0.717) is 0 Å². The van der Waals surface area contributed by atoms with Gasteiger partial charge in [-0.25, -0.2) is 0 Å². The highest BCUT2D eigenvalue weighted by Crippen LogP contribution is 2.43. The van der Waals surface area contributed by atoms with Gasteiger partial charge >= 0.3 is 0 Å². The summed E-state index contributed by atoms with van der Waals surface area (Å²) >= 11 is 0. The Morgan fingerprint density at radius 3 is 2.36 bits per heavy atom. The van der Waals surface area contributed by atoms with Crippen molar-refractivity contribution in [3.8, 4) is 0 Å². The average Bonchev–Trinajstić information content (AvgIpc) is 2.07. The van der Waals surface area contributed by atoms with Crippen molar-refractivity contribution in [3.05, 3.63) is 34.9 Å². The molecule has 0 bridgehead atoms. The molecule has 0 aliphatic heterocycles. The van der Waals surface area contributed by atoms with Crippen molar-refractivity contribution < 1.29 is 0 Å². The van der Waals surface area contributed by atoms with Crippen LogP contribution in [0.4, 0.5) is 0 Å². The van der Waals surface area contributed by atoms with Gasteiger partial charge in [-0.05, 0) is 49.3 Å². The van der Waals surface area contributed by atoms with Gasteiger partial charge in [-0.3, -0.25) is 0 Å². The highest BCUT2D eigenvalue weighted by molar-refractivity contribution is 5.35. The van der Waals surface area contributed by atoms with Crippen LogP contribution < -0.4 is 5.73 Å². The van der Waals surface area contributed by atoms with Gasteiger partial charge in [-0.2, -0.15) is 0 Å². The van der Waals surface area contributed by atoms with Crippen molar-refractivity contribution in [2.45, 2.75) is 39.2 Å². The second-order valence-corrected chi connectivity index (χ2v) is 4.97. The van der Waals surface area contributed by atoms with Gasteiger partial charge in [0.25, 0.3) is 0 Å². The largest absolute Gasteiger partial charge is 0.321 e. The molecule has 14 heavy (non-hydrogen) atoms. The van der Waals surface area contributed by atoms with E-state index in [-0.39, 0.29) is 5.54 Å². The zero-order valence-corrected chi connectivity index (χ0v) is 9.30. The minimum absolute atomic E-state index is 0.0299. The first-order chi connectivity index (χ1) is 6.51. The Labute approximate surface area is 86.3 Å². The van der Waals surface area contributed by atoms with Gasteiger partial charge in [0.05, 0.1) is 0 Å².